The number of nitrogens with zero attached hydrogens (tertiary/aromatic N) is 1. The summed E-state index contributed by atoms with van der Waals surface area (Å²) in [5.74, 6) is 0.00745. The molecule has 0 bridgehead atoms. The molecule has 32 heavy (non-hydrogen) atoms. The predicted octanol–water partition coefficient (Wildman–Crippen LogP) is 5.41. The number of fused-ring (bicyclic) bond motifs is 1. The largest absolute Gasteiger partial charge is 0.490 e. The van der Waals surface area contributed by atoms with Gasteiger partial charge >= 0.3 is 0 Å². The van der Waals surface area contributed by atoms with E-state index in [0.29, 0.717) is 29.2 Å². The number of halogens is 1. The number of benzene rings is 2. The highest BCUT2D eigenvalue weighted by Crippen LogP contribution is 2.26. The van der Waals surface area contributed by atoms with Gasteiger partial charge in [-0.05, 0) is 49.1 Å². The van der Waals surface area contributed by atoms with Crippen molar-refractivity contribution in [2.75, 3.05) is 7.05 Å². The molecule has 5 nitrogen and oxygen atoms in total. The molecule has 3 rings (SSSR count). The molecule has 0 aliphatic carbocycles. The van der Waals surface area contributed by atoms with Gasteiger partial charge in [0.25, 0.3) is 5.91 Å². The number of hydrogen-bond donors (Lipinski definition) is 1. The summed E-state index contributed by atoms with van der Waals surface area (Å²) in [5.41, 5.74) is 1.38. The van der Waals surface area contributed by atoms with E-state index in [1.807, 2.05) is 51.1 Å². The summed E-state index contributed by atoms with van der Waals surface area (Å²) in [5, 5.41) is 3.78. The van der Waals surface area contributed by atoms with E-state index in [2.05, 4.69) is 17.5 Å². The lowest BCUT2D eigenvalue weighted by molar-refractivity contribution is -0.127. The minimum absolute atomic E-state index is 0.0839. The maximum absolute atomic E-state index is 13.4. The minimum atomic E-state index is -0.637. The molecular formula is C26H31ClN2O3. The number of ether oxygens (including phenoxy) is 1. The van der Waals surface area contributed by atoms with Crippen molar-refractivity contribution in [3.8, 4) is 5.75 Å². The van der Waals surface area contributed by atoms with Crippen LogP contribution in [0, 0.1) is 5.92 Å². The van der Waals surface area contributed by atoms with Gasteiger partial charge in [0.05, 0.1) is 17.7 Å². The lowest BCUT2D eigenvalue weighted by Crippen LogP contribution is -2.51. The van der Waals surface area contributed by atoms with Crippen LogP contribution in [0.25, 0.3) is 0 Å². The first-order valence-corrected chi connectivity index (χ1v) is 11.4. The summed E-state index contributed by atoms with van der Waals surface area (Å²) in [7, 11) is 1.67. The zero-order chi connectivity index (χ0) is 23.3. The van der Waals surface area contributed by atoms with E-state index in [1.165, 1.54) is 4.90 Å². The molecule has 0 spiro atoms. The Morgan fingerprint density at radius 3 is 2.50 bits per heavy atom. The molecule has 0 radical (unpaired) electrons. The smallest absolute Gasteiger partial charge is 0.258 e. The summed E-state index contributed by atoms with van der Waals surface area (Å²) in [6.45, 7) is 5.86. The number of amides is 2. The van der Waals surface area contributed by atoms with Gasteiger partial charge in [0.15, 0.2) is 0 Å². The Labute approximate surface area is 195 Å². The molecule has 0 aromatic heterocycles. The topological polar surface area (TPSA) is 58.6 Å². The van der Waals surface area contributed by atoms with Crippen molar-refractivity contribution in [3.63, 3.8) is 0 Å². The Balaban J connectivity index is 2.01. The number of para-hydroxylation sites is 1. The number of rotatable bonds is 2. The van der Waals surface area contributed by atoms with E-state index in [-0.39, 0.29) is 29.9 Å². The van der Waals surface area contributed by atoms with E-state index in [1.54, 1.807) is 25.2 Å². The van der Waals surface area contributed by atoms with Crippen molar-refractivity contribution in [1.29, 1.82) is 0 Å². The summed E-state index contributed by atoms with van der Waals surface area (Å²) < 4.78 is 6.09. The van der Waals surface area contributed by atoms with Crippen molar-refractivity contribution >= 4 is 23.4 Å². The van der Waals surface area contributed by atoms with E-state index >= 15 is 0 Å². The monoisotopic (exact) mass is 454 g/mol. The molecule has 6 heteroatoms. The molecule has 2 aromatic rings. The molecule has 1 aliphatic rings. The highest BCUT2D eigenvalue weighted by Gasteiger charge is 2.33. The van der Waals surface area contributed by atoms with Gasteiger partial charge in [-0.2, -0.15) is 0 Å². The van der Waals surface area contributed by atoms with Crippen molar-refractivity contribution in [2.45, 2.75) is 51.8 Å². The molecule has 0 saturated heterocycles. The maximum atomic E-state index is 13.4. The highest BCUT2D eigenvalue weighted by molar-refractivity contribution is 6.30. The summed E-state index contributed by atoms with van der Waals surface area (Å²) in [4.78, 5) is 28.3. The second-order valence-corrected chi connectivity index (χ2v) is 9.02. The Bertz CT molecular complexity index is 989. The fraction of sp³-hybridized carbons (Fsp3) is 0.385. The minimum Gasteiger partial charge on any atom is -0.490 e. The Hall–Kier alpha value is -2.79. The maximum Gasteiger partial charge on any atom is 0.258 e. The van der Waals surface area contributed by atoms with Crippen molar-refractivity contribution in [1.82, 2.24) is 10.2 Å². The highest BCUT2D eigenvalue weighted by atomic mass is 35.5. The molecule has 1 N–H and O–H groups in total. The third-order valence-corrected chi connectivity index (χ3v) is 5.89. The normalized spacial score (nSPS) is 23.7. The van der Waals surface area contributed by atoms with Crippen LogP contribution in [-0.2, 0) is 4.79 Å². The zero-order valence-electron chi connectivity index (χ0n) is 19.0. The number of nitrogens with one attached hydrogen (secondary N) is 1. The Morgan fingerprint density at radius 1 is 1.06 bits per heavy atom. The average molecular weight is 455 g/mol. The Kier molecular flexibility index (Phi) is 7.97. The third-order valence-electron chi connectivity index (χ3n) is 5.66. The number of likely N-dealkylation sites (N-methyl/N-ethyl adjacent to an activating group) is 1. The number of carbonyl (C=O) groups is 2. The SMILES string of the molecule is CC(C)[C@H]1C(=O)N[C@@H](c2cccc(Cl)c2)C/C=C/C[C@@H](C)Oc2ccccc2C(=O)N1C. The standard InChI is InChI=1S/C26H31ClN2O3/c1-17(2)24-25(30)28-22(19-11-9-12-20(27)16-19)14-7-5-10-18(3)32-23-15-8-6-13-21(23)26(31)29(24)4/h5-9,11-13,15-18,22,24H,10,14H2,1-4H3,(H,28,30)/b7-5+/t18-,22-,24+/m1/s1. The second kappa shape index (κ2) is 10.7. The van der Waals surface area contributed by atoms with Gasteiger partial charge in [-0.25, -0.2) is 0 Å². The van der Waals surface area contributed by atoms with Gasteiger partial charge in [0.2, 0.25) is 5.91 Å². The molecule has 0 fully saturated rings. The summed E-state index contributed by atoms with van der Waals surface area (Å²) in [6.07, 6.45) is 5.30. The zero-order valence-corrected chi connectivity index (χ0v) is 19.8. The number of carbonyl (C=O) groups excluding carboxylic acids is 2. The van der Waals surface area contributed by atoms with E-state index in [4.69, 9.17) is 16.3 Å². The van der Waals surface area contributed by atoms with Gasteiger partial charge in [-0.3, -0.25) is 9.59 Å². The van der Waals surface area contributed by atoms with Crippen LogP contribution < -0.4 is 10.1 Å². The van der Waals surface area contributed by atoms with Crippen molar-refractivity contribution in [2.24, 2.45) is 5.92 Å². The fourth-order valence-electron chi connectivity index (χ4n) is 4.03. The van der Waals surface area contributed by atoms with Gasteiger partial charge in [0, 0.05) is 18.5 Å². The van der Waals surface area contributed by atoms with Crippen LogP contribution in [0.5, 0.6) is 5.75 Å². The van der Waals surface area contributed by atoms with E-state index < -0.39 is 6.04 Å². The van der Waals surface area contributed by atoms with Gasteiger partial charge in [-0.1, -0.05) is 61.9 Å². The molecule has 170 valence electrons. The van der Waals surface area contributed by atoms with Crippen LogP contribution in [0.15, 0.2) is 60.7 Å². The lowest BCUT2D eigenvalue weighted by atomic mass is 9.98. The molecule has 2 aromatic carbocycles. The van der Waals surface area contributed by atoms with Gasteiger partial charge in [0.1, 0.15) is 11.8 Å². The third kappa shape index (κ3) is 5.71. The lowest BCUT2D eigenvalue weighted by Gasteiger charge is -2.32. The molecule has 1 heterocycles. The fourth-order valence-corrected chi connectivity index (χ4v) is 4.23. The molecule has 1 aliphatic heterocycles. The van der Waals surface area contributed by atoms with Crippen molar-refractivity contribution < 1.29 is 14.3 Å². The first-order chi connectivity index (χ1) is 15.3. The predicted molar refractivity (Wildman–Crippen MR) is 128 cm³/mol. The van der Waals surface area contributed by atoms with Gasteiger partial charge in [-0.15, -0.1) is 0 Å². The van der Waals surface area contributed by atoms with E-state index in [9.17, 15) is 9.59 Å². The average Bonchev–Trinajstić information content (AvgIpc) is 2.75. The van der Waals surface area contributed by atoms with Gasteiger partial charge < -0.3 is 15.0 Å². The van der Waals surface area contributed by atoms with Crippen LogP contribution in [0.3, 0.4) is 0 Å². The second-order valence-electron chi connectivity index (χ2n) is 8.59. The molecule has 0 saturated carbocycles. The van der Waals surface area contributed by atoms with Crippen LogP contribution in [0.1, 0.15) is 55.6 Å². The molecular weight excluding hydrogens is 424 g/mol. The molecule has 0 unspecified atom stereocenters. The van der Waals surface area contributed by atoms with Crippen LogP contribution in [-0.4, -0.2) is 35.9 Å². The van der Waals surface area contributed by atoms with Crippen LogP contribution in [0.4, 0.5) is 0 Å². The molecule has 3 atom stereocenters. The van der Waals surface area contributed by atoms with Crippen LogP contribution >= 0.6 is 11.6 Å². The molecule has 2 amide bonds. The first-order valence-electron chi connectivity index (χ1n) is 11.0. The van der Waals surface area contributed by atoms with E-state index in [0.717, 1.165) is 5.56 Å². The summed E-state index contributed by atoms with van der Waals surface area (Å²) >= 11 is 6.21. The van der Waals surface area contributed by atoms with Crippen molar-refractivity contribution in [3.05, 3.63) is 76.8 Å². The Morgan fingerprint density at radius 2 is 1.78 bits per heavy atom. The summed E-state index contributed by atoms with van der Waals surface area (Å²) in [6, 6.07) is 13.8. The number of hydrogen-bond acceptors (Lipinski definition) is 3. The van der Waals surface area contributed by atoms with Crippen LogP contribution in [0.2, 0.25) is 5.02 Å². The quantitative estimate of drug-likeness (QED) is 0.617. The first kappa shape index (κ1) is 23.9.